The second kappa shape index (κ2) is 5.36. The molecule has 1 heterocycles. The summed E-state index contributed by atoms with van der Waals surface area (Å²) in [4.78, 5) is 0.123. The second-order valence-electron chi connectivity index (χ2n) is 4.08. The first-order valence-corrected chi connectivity index (χ1v) is 7.82. The number of nitrogens with one attached hydrogen (secondary N) is 1. The maximum atomic E-state index is 11.4. The molecule has 1 aromatic heterocycles. The van der Waals surface area contributed by atoms with Gasteiger partial charge in [-0.2, -0.15) is 0 Å². The molecule has 2 rings (SSSR count). The summed E-state index contributed by atoms with van der Waals surface area (Å²) >= 11 is 3.22. The second-order valence-corrected chi connectivity index (χ2v) is 6.40. The van der Waals surface area contributed by atoms with Gasteiger partial charge in [0, 0.05) is 5.69 Å². The Morgan fingerprint density at radius 2 is 2.05 bits per heavy atom. The van der Waals surface area contributed by atoms with E-state index in [0.717, 1.165) is 5.76 Å². The summed E-state index contributed by atoms with van der Waals surface area (Å²) in [6.07, 6.45) is 0. The molecule has 0 amide bonds. The number of rotatable bonds is 4. The number of primary sulfonamides is 1. The van der Waals surface area contributed by atoms with Crippen LogP contribution in [0.2, 0.25) is 0 Å². The number of hydrogen-bond acceptors (Lipinski definition) is 4. The van der Waals surface area contributed by atoms with Crippen LogP contribution in [-0.4, -0.2) is 8.42 Å². The monoisotopic (exact) mass is 344 g/mol. The van der Waals surface area contributed by atoms with Crippen molar-refractivity contribution in [3.8, 4) is 0 Å². The molecule has 0 bridgehead atoms. The van der Waals surface area contributed by atoms with Crippen LogP contribution in [0.1, 0.15) is 11.3 Å². The summed E-state index contributed by atoms with van der Waals surface area (Å²) in [5.41, 5.74) is 1.29. The fourth-order valence-corrected chi connectivity index (χ4v) is 2.80. The van der Waals surface area contributed by atoms with Crippen LogP contribution in [0.15, 0.2) is 44.3 Å². The van der Waals surface area contributed by atoms with Gasteiger partial charge in [-0.3, -0.25) is 0 Å². The molecule has 102 valence electrons. The summed E-state index contributed by atoms with van der Waals surface area (Å²) in [5, 5.41) is 8.24. The summed E-state index contributed by atoms with van der Waals surface area (Å²) in [6.45, 7) is 2.16. The van der Waals surface area contributed by atoms with E-state index in [1.54, 1.807) is 25.1 Å². The van der Waals surface area contributed by atoms with Crippen molar-refractivity contribution in [3.63, 3.8) is 0 Å². The number of sulfonamides is 1. The third-order valence-electron chi connectivity index (χ3n) is 2.59. The largest absolute Gasteiger partial charge is 0.452 e. The lowest BCUT2D eigenvalue weighted by Crippen LogP contribution is -2.14. The molecule has 0 fully saturated rings. The van der Waals surface area contributed by atoms with E-state index in [1.165, 1.54) is 6.07 Å². The molecule has 1 aromatic carbocycles. The topological polar surface area (TPSA) is 85.3 Å². The smallest absolute Gasteiger partial charge is 0.238 e. The molecule has 3 N–H and O–H groups in total. The SMILES string of the molecule is Cc1ccc(NCc2ccc(Br)o2)cc1S(N)(=O)=O. The van der Waals surface area contributed by atoms with Crippen LogP contribution in [-0.2, 0) is 16.6 Å². The molecule has 0 aliphatic rings. The average Bonchev–Trinajstić information content (AvgIpc) is 2.72. The van der Waals surface area contributed by atoms with Crippen molar-refractivity contribution in [2.75, 3.05) is 5.32 Å². The van der Waals surface area contributed by atoms with E-state index in [4.69, 9.17) is 9.56 Å². The average molecular weight is 345 g/mol. The molecule has 0 unspecified atom stereocenters. The first-order chi connectivity index (χ1) is 8.86. The molecule has 2 aromatic rings. The van der Waals surface area contributed by atoms with Crippen LogP contribution in [0.3, 0.4) is 0 Å². The van der Waals surface area contributed by atoms with Crippen LogP contribution in [0.25, 0.3) is 0 Å². The Morgan fingerprint density at radius 3 is 2.63 bits per heavy atom. The van der Waals surface area contributed by atoms with Crippen LogP contribution in [0.4, 0.5) is 5.69 Å². The van der Waals surface area contributed by atoms with Gasteiger partial charge in [0.05, 0.1) is 11.4 Å². The van der Waals surface area contributed by atoms with Gasteiger partial charge in [0.2, 0.25) is 10.0 Å². The van der Waals surface area contributed by atoms with Gasteiger partial charge in [0.15, 0.2) is 4.67 Å². The van der Waals surface area contributed by atoms with Gasteiger partial charge in [-0.05, 0) is 52.7 Å². The van der Waals surface area contributed by atoms with Crippen LogP contribution in [0.5, 0.6) is 0 Å². The molecule has 7 heteroatoms. The molecule has 0 aliphatic heterocycles. The van der Waals surface area contributed by atoms with E-state index in [1.807, 2.05) is 6.07 Å². The molecule has 19 heavy (non-hydrogen) atoms. The van der Waals surface area contributed by atoms with Crippen LogP contribution in [0, 0.1) is 6.92 Å². The predicted molar refractivity (Wildman–Crippen MR) is 76.3 cm³/mol. The molecule has 0 spiro atoms. The van der Waals surface area contributed by atoms with Crippen molar-refractivity contribution < 1.29 is 12.8 Å². The van der Waals surface area contributed by atoms with Gasteiger partial charge in [-0.1, -0.05) is 6.07 Å². The molecular formula is C12H13BrN2O3S. The highest BCUT2D eigenvalue weighted by atomic mass is 79.9. The fourth-order valence-electron chi connectivity index (χ4n) is 1.65. The minimum absolute atomic E-state index is 0.123. The third kappa shape index (κ3) is 3.59. The Labute approximate surface area is 120 Å². The Balaban J connectivity index is 2.18. The van der Waals surface area contributed by atoms with Crippen LogP contribution < -0.4 is 10.5 Å². The number of nitrogens with two attached hydrogens (primary N) is 1. The zero-order chi connectivity index (χ0) is 14.0. The highest BCUT2D eigenvalue weighted by Gasteiger charge is 2.12. The van der Waals surface area contributed by atoms with Crippen molar-refractivity contribution in [2.24, 2.45) is 5.14 Å². The normalized spacial score (nSPS) is 11.5. The molecule has 0 saturated heterocycles. The number of aryl methyl sites for hydroxylation is 1. The van der Waals surface area contributed by atoms with Crippen LogP contribution >= 0.6 is 15.9 Å². The minimum Gasteiger partial charge on any atom is -0.452 e. The predicted octanol–water partition coefficient (Wildman–Crippen LogP) is 2.61. The van der Waals surface area contributed by atoms with Crippen molar-refractivity contribution in [3.05, 3.63) is 46.3 Å². The lowest BCUT2D eigenvalue weighted by molar-refractivity contribution is 0.495. The van der Waals surface area contributed by atoms with Crippen molar-refractivity contribution in [1.29, 1.82) is 0 Å². The molecular weight excluding hydrogens is 332 g/mol. The first-order valence-electron chi connectivity index (χ1n) is 5.48. The lowest BCUT2D eigenvalue weighted by atomic mass is 10.2. The Kier molecular flexibility index (Phi) is 3.98. The van der Waals surface area contributed by atoms with Gasteiger partial charge in [-0.25, -0.2) is 13.6 Å². The number of furan rings is 1. The number of halogens is 1. The molecule has 0 saturated carbocycles. The molecule has 5 nitrogen and oxygen atoms in total. The van der Waals surface area contributed by atoms with Crippen molar-refractivity contribution >= 4 is 31.6 Å². The van der Waals surface area contributed by atoms with E-state index in [9.17, 15) is 8.42 Å². The Bertz CT molecular complexity index is 695. The number of anilines is 1. The van der Waals surface area contributed by atoms with E-state index < -0.39 is 10.0 Å². The van der Waals surface area contributed by atoms with E-state index in [-0.39, 0.29) is 4.90 Å². The zero-order valence-corrected chi connectivity index (χ0v) is 12.6. The molecule has 0 radical (unpaired) electrons. The fraction of sp³-hybridized carbons (Fsp3) is 0.167. The maximum Gasteiger partial charge on any atom is 0.238 e. The van der Waals surface area contributed by atoms with E-state index in [2.05, 4.69) is 21.2 Å². The summed E-state index contributed by atoms with van der Waals surface area (Å²) in [6, 6.07) is 8.64. The molecule has 0 atom stereocenters. The summed E-state index contributed by atoms with van der Waals surface area (Å²) < 4.78 is 28.8. The quantitative estimate of drug-likeness (QED) is 0.892. The standard InChI is InChI=1S/C12H13BrN2O3S/c1-8-2-3-9(6-11(8)19(14,16)17)15-7-10-4-5-12(13)18-10/h2-6,15H,7H2,1H3,(H2,14,16,17). The Morgan fingerprint density at radius 1 is 1.32 bits per heavy atom. The third-order valence-corrected chi connectivity index (χ3v) is 4.07. The highest BCUT2D eigenvalue weighted by molar-refractivity contribution is 9.10. The van der Waals surface area contributed by atoms with Crippen molar-refractivity contribution in [1.82, 2.24) is 0 Å². The van der Waals surface area contributed by atoms with Gasteiger partial charge in [0.1, 0.15) is 5.76 Å². The van der Waals surface area contributed by atoms with Crippen molar-refractivity contribution in [2.45, 2.75) is 18.4 Å². The van der Waals surface area contributed by atoms with Gasteiger partial charge in [0.25, 0.3) is 0 Å². The van der Waals surface area contributed by atoms with Gasteiger partial charge in [-0.15, -0.1) is 0 Å². The number of hydrogen-bond donors (Lipinski definition) is 2. The number of benzene rings is 1. The lowest BCUT2D eigenvalue weighted by Gasteiger charge is -2.08. The first kappa shape index (κ1) is 14.1. The van der Waals surface area contributed by atoms with Gasteiger partial charge >= 0.3 is 0 Å². The summed E-state index contributed by atoms with van der Waals surface area (Å²) in [7, 11) is -3.71. The zero-order valence-electron chi connectivity index (χ0n) is 10.2. The maximum absolute atomic E-state index is 11.4. The van der Waals surface area contributed by atoms with E-state index >= 15 is 0 Å². The van der Waals surface area contributed by atoms with E-state index in [0.29, 0.717) is 22.5 Å². The molecule has 0 aliphatic carbocycles. The minimum atomic E-state index is -3.71. The highest BCUT2D eigenvalue weighted by Crippen LogP contribution is 2.20. The summed E-state index contributed by atoms with van der Waals surface area (Å²) in [5.74, 6) is 0.740. The van der Waals surface area contributed by atoms with Gasteiger partial charge < -0.3 is 9.73 Å². The Hall–Kier alpha value is -1.31.